The van der Waals surface area contributed by atoms with Crippen molar-refractivity contribution < 1.29 is 4.79 Å². The fourth-order valence-corrected chi connectivity index (χ4v) is 5.66. The van der Waals surface area contributed by atoms with E-state index in [1.54, 1.807) is 0 Å². The molecule has 0 aliphatic rings. The van der Waals surface area contributed by atoms with Crippen LogP contribution in [0.3, 0.4) is 0 Å². The van der Waals surface area contributed by atoms with Crippen molar-refractivity contribution in [1.29, 1.82) is 5.41 Å². The summed E-state index contributed by atoms with van der Waals surface area (Å²) in [4.78, 5) is 20.9. The molecule has 1 amide bonds. The molecule has 0 aliphatic heterocycles. The van der Waals surface area contributed by atoms with Gasteiger partial charge < -0.3 is 20.9 Å². The van der Waals surface area contributed by atoms with Gasteiger partial charge in [-0.2, -0.15) is 0 Å². The highest BCUT2D eigenvalue weighted by atomic mass is 35.5. The molecule has 0 atom stereocenters. The van der Waals surface area contributed by atoms with Gasteiger partial charge in [0.05, 0.1) is 11.0 Å². The molecule has 7 nitrogen and oxygen atoms in total. The first kappa shape index (κ1) is 31.9. The molecular formula is C37H41ClN6O. The number of fused-ring (bicyclic) bond motifs is 1. The summed E-state index contributed by atoms with van der Waals surface area (Å²) < 4.78 is 2.27. The van der Waals surface area contributed by atoms with E-state index >= 15 is 0 Å². The number of rotatable bonds is 14. The number of carbonyl (C=O) groups excluding carboxylic acids is 1. The highest BCUT2D eigenvalue weighted by molar-refractivity contribution is 6.30. The number of hydrogen-bond acceptors (Lipinski definition) is 4. The number of imidazole rings is 1. The van der Waals surface area contributed by atoms with E-state index in [1.165, 1.54) is 5.56 Å². The summed E-state index contributed by atoms with van der Waals surface area (Å²) in [5.41, 5.74) is 19.1. The molecule has 5 aromatic rings. The summed E-state index contributed by atoms with van der Waals surface area (Å²) in [6.07, 6.45) is 4.30. The monoisotopic (exact) mass is 620 g/mol. The van der Waals surface area contributed by atoms with Crippen LogP contribution in [0.15, 0.2) is 91.0 Å². The van der Waals surface area contributed by atoms with E-state index in [-0.39, 0.29) is 11.7 Å². The lowest BCUT2D eigenvalue weighted by molar-refractivity contribution is 0.0741. The summed E-state index contributed by atoms with van der Waals surface area (Å²) in [6, 6.07) is 29.8. The lowest BCUT2D eigenvalue weighted by atomic mass is 10.1. The number of hydrogen-bond donors (Lipinski definition) is 3. The number of nitrogens with zero attached hydrogens (tertiary/aromatic N) is 3. The third-order valence-corrected chi connectivity index (χ3v) is 8.47. The quantitative estimate of drug-likeness (QED) is 0.0925. The van der Waals surface area contributed by atoms with Crippen molar-refractivity contribution in [3.63, 3.8) is 0 Å². The van der Waals surface area contributed by atoms with E-state index in [0.717, 1.165) is 77.2 Å². The lowest BCUT2D eigenvalue weighted by Crippen LogP contribution is -2.31. The highest BCUT2D eigenvalue weighted by Crippen LogP contribution is 2.23. The molecular weight excluding hydrogens is 580 g/mol. The van der Waals surface area contributed by atoms with E-state index < -0.39 is 0 Å². The number of amidine groups is 1. The van der Waals surface area contributed by atoms with Gasteiger partial charge in [0.15, 0.2) is 0 Å². The average molecular weight is 621 g/mol. The summed E-state index contributed by atoms with van der Waals surface area (Å²) in [5.74, 6) is 1.05. The van der Waals surface area contributed by atoms with Crippen LogP contribution >= 0.6 is 11.6 Å². The van der Waals surface area contributed by atoms with E-state index in [1.807, 2.05) is 71.6 Å². The van der Waals surface area contributed by atoms with Gasteiger partial charge in [0.2, 0.25) is 0 Å². The number of aromatic nitrogens is 2. The predicted octanol–water partition coefficient (Wildman–Crippen LogP) is 6.90. The molecule has 0 spiro atoms. The third-order valence-electron chi connectivity index (χ3n) is 8.21. The van der Waals surface area contributed by atoms with Crippen molar-refractivity contribution in [2.45, 2.75) is 58.7 Å². The molecule has 0 bridgehead atoms. The predicted molar refractivity (Wildman–Crippen MR) is 184 cm³/mol. The number of halogens is 1. The van der Waals surface area contributed by atoms with Crippen molar-refractivity contribution in [2.75, 3.05) is 6.54 Å². The number of unbranched alkanes of at least 4 members (excludes halogenated alkanes) is 1. The Morgan fingerprint density at radius 1 is 0.844 bits per heavy atom. The normalized spacial score (nSPS) is 11.2. The Balaban J connectivity index is 1.42. The Bertz CT molecular complexity index is 1740. The number of benzene rings is 4. The molecule has 0 aliphatic carbocycles. The Labute approximate surface area is 270 Å². The first-order valence-corrected chi connectivity index (χ1v) is 16.0. The minimum absolute atomic E-state index is 0.0103. The van der Waals surface area contributed by atoms with Gasteiger partial charge in [-0.3, -0.25) is 10.2 Å². The second-order valence-corrected chi connectivity index (χ2v) is 11.9. The van der Waals surface area contributed by atoms with Crippen LogP contribution in [0.25, 0.3) is 11.0 Å². The largest absolute Gasteiger partial charge is 0.384 e. The third kappa shape index (κ3) is 8.18. The summed E-state index contributed by atoms with van der Waals surface area (Å²) in [6.45, 7) is 4.63. The van der Waals surface area contributed by atoms with Gasteiger partial charge in [0.1, 0.15) is 11.7 Å². The molecule has 1 heterocycles. The van der Waals surface area contributed by atoms with Crippen molar-refractivity contribution >= 4 is 34.4 Å². The maximum atomic E-state index is 13.9. The number of nitrogens with two attached hydrogens (primary N) is 2. The molecule has 5 N–H and O–H groups in total. The minimum Gasteiger partial charge on any atom is -0.384 e. The van der Waals surface area contributed by atoms with Gasteiger partial charge >= 0.3 is 0 Å². The number of aryl methyl sites for hydroxylation is 4. The van der Waals surface area contributed by atoms with Gasteiger partial charge in [0.25, 0.3) is 5.91 Å². The summed E-state index contributed by atoms with van der Waals surface area (Å²) in [5, 5.41) is 8.39. The highest BCUT2D eigenvalue weighted by Gasteiger charge is 2.19. The van der Waals surface area contributed by atoms with Crippen LogP contribution in [-0.2, 0) is 38.9 Å². The molecule has 0 saturated heterocycles. The molecule has 0 unspecified atom stereocenters. The van der Waals surface area contributed by atoms with Crippen LogP contribution in [0, 0.1) is 5.41 Å². The van der Waals surface area contributed by atoms with Crippen LogP contribution in [0.1, 0.15) is 63.8 Å². The van der Waals surface area contributed by atoms with Gasteiger partial charge in [0, 0.05) is 48.7 Å². The number of nitrogen functional groups attached to an aromatic ring is 1. The standard InChI is InChI=1S/C37H41ClN6O/c1-2-3-21-43(25-29-6-4-28(24-39)5-7-29)37(45)31-15-18-34-33(23-31)42-35(19-12-26-8-13-30(14-9-26)36(40)41)44(34)22-20-27-10-16-32(38)17-11-27/h4-11,13-18,23H,2-3,12,19-22,24-25,39H2,1H3,(H3,40,41). The van der Waals surface area contributed by atoms with Crippen LogP contribution in [0.2, 0.25) is 5.02 Å². The van der Waals surface area contributed by atoms with E-state index in [2.05, 4.69) is 35.8 Å². The van der Waals surface area contributed by atoms with Gasteiger partial charge in [-0.1, -0.05) is 85.6 Å². The molecule has 0 fully saturated rings. The molecule has 8 heteroatoms. The Kier molecular flexibility index (Phi) is 10.7. The minimum atomic E-state index is 0.0103. The number of nitrogens with one attached hydrogen (secondary N) is 1. The van der Waals surface area contributed by atoms with Gasteiger partial charge in [-0.05, 0) is 71.8 Å². The van der Waals surface area contributed by atoms with Gasteiger partial charge in [-0.25, -0.2) is 4.98 Å². The van der Waals surface area contributed by atoms with Crippen molar-refractivity contribution in [3.8, 4) is 0 Å². The van der Waals surface area contributed by atoms with Crippen LogP contribution in [0.5, 0.6) is 0 Å². The Hall–Kier alpha value is -4.46. The first-order chi connectivity index (χ1) is 21.8. The van der Waals surface area contributed by atoms with E-state index in [9.17, 15) is 4.79 Å². The average Bonchev–Trinajstić information content (AvgIpc) is 3.42. The second kappa shape index (κ2) is 15.0. The van der Waals surface area contributed by atoms with Crippen molar-refractivity contribution in [2.24, 2.45) is 11.5 Å². The molecule has 4 aromatic carbocycles. The lowest BCUT2D eigenvalue weighted by Gasteiger charge is -2.23. The van der Waals surface area contributed by atoms with Crippen LogP contribution < -0.4 is 11.5 Å². The zero-order valence-corrected chi connectivity index (χ0v) is 26.6. The molecule has 5 rings (SSSR count). The van der Waals surface area contributed by atoms with E-state index in [4.69, 9.17) is 33.5 Å². The zero-order valence-electron chi connectivity index (χ0n) is 25.8. The molecule has 0 radical (unpaired) electrons. The second-order valence-electron chi connectivity index (χ2n) is 11.5. The summed E-state index contributed by atoms with van der Waals surface area (Å²) >= 11 is 6.12. The summed E-state index contributed by atoms with van der Waals surface area (Å²) in [7, 11) is 0. The molecule has 0 saturated carbocycles. The number of amides is 1. The number of carbonyl (C=O) groups is 1. The maximum Gasteiger partial charge on any atom is 0.254 e. The topological polar surface area (TPSA) is 114 Å². The van der Waals surface area contributed by atoms with Crippen LogP contribution in [0.4, 0.5) is 0 Å². The fourth-order valence-electron chi connectivity index (χ4n) is 5.54. The maximum absolute atomic E-state index is 13.9. The fraction of sp³-hybridized carbons (Fsp3) is 0.270. The Morgan fingerprint density at radius 3 is 2.13 bits per heavy atom. The first-order valence-electron chi connectivity index (χ1n) is 15.6. The van der Waals surface area contributed by atoms with Crippen molar-refractivity contribution in [1.82, 2.24) is 14.5 Å². The van der Waals surface area contributed by atoms with Crippen LogP contribution in [-0.4, -0.2) is 32.7 Å². The molecule has 45 heavy (non-hydrogen) atoms. The Morgan fingerprint density at radius 2 is 1.47 bits per heavy atom. The SMILES string of the molecule is CCCCN(Cc1ccc(CN)cc1)C(=O)c1ccc2c(c1)nc(CCc1ccc(C(=N)N)cc1)n2CCc1ccc(Cl)cc1. The molecule has 1 aromatic heterocycles. The van der Waals surface area contributed by atoms with Crippen molar-refractivity contribution in [3.05, 3.63) is 135 Å². The van der Waals surface area contributed by atoms with E-state index in [0.29, 0.717) is 30.8 Å². The molecule has 232 valence electrons. The smallest absolute Gasteiger partial charge is 0.254 e. The van der Waals surface area contributed by atoms with Gasteiger partial charge in [-0.15, -0.1) is 0 Å². The zero-order chi connectivity index (χ0) is 31.8.